The van der Waals surface area contributed by atoms with Crippen LogP contribution >= 0.6 is 0 Å². The van der Waals surface area contributed by atoms with E-state index >= 15 is 0 Å². The Morgan fingerprint density at radius 1 is 0.765 bits per heavy atom. The average Bonchev–Trinajstić information content (AvgIpc) is 2.87. The third-order valence-corrected chi connectivity index (χ3v) is 5.56. The minimum absolute atomic E-state index is 0.156. The van der Waals surface area contributed by atoms with E-state index < -0.39 is 0 Å². The van der Waals surface area contributed by atoms with E-state index in [1.165, 1.54) is 0 Å². The van der Waals surface area contributed by atoms with Gasteiger partial charge in [-0.15, -0.1) is 0 Å². The molecule has 0 fully saturated rings. The standard InChI is InChI=1S/C28H26N2O4/c1-19-7-3-4-8-23(19)29-26-14-12-21(16-28(26)33-2)20-11-13-24(22(15-20)17-31)30-25-9-5-6-10-27(25)34-18-32/h3-16,18,29-31H,17H2,1-2H3. The first kappa shape index (κ1) is 22.9. The average molecular weight is 455 g/mol. The summed E-state index contributed by atoms with van der Waals surface area (Å²) in [5.74, 6) is 1.13. The van der Waals surface area contributed by atoms with Crippen molar-refractivity contribution in [3.8, 4) is 22.6 Å². The maximum absolute atomic E-state index is 10.8. The Hall–Kier alpha value is -4.29. The molecule has 4 aromatic carbocycles. The zero-order valence-electron chi connectivity index (χ0n) is 19.0. The first-order chi connectivity index (χ1) is 16.6. The quantitative estimate of drug-likeness (QED) is 0.262. The number of para-hydroxylation sites is 3. The Labute approximate surface area is 198 Å². The topological polar surface area (TPSA) is 79.8 Å². The molecule has 0 spiro atoms. The molecule has 0 bridgehead atoms. The zero-order chi connectivity index (χ0) is 23.9. The fraction of sp³-hybridized carbons (Fsp3) is 0.107. The highest BCUT2D eigenvalue weighted by Gasteiger charge is 2.11. The monoisotopic (exact) mass is 454 g/mol. The van der Waals surface area contributed by atoms with E-state index in [-0.39, 0.29) is 6.61 Å². The highest BCUT2D eigenvalue weighted by molar-refractivity contribution is 5.78. The fourth-order valence-electron chi connectivity index (χ4n) is 3.73. The number of benzene rings is 4. The molecule has 34 heavy (non-hydrogen) atoms. The van der Waals surface area contributed by atoms with Crippen LogP contribution in [0.5, 0.6) is 11.5 Å². The van der Waals surface area contributed by atoms with E-state index in [2.05, 4.69) is 23.6 Å². The van der Waals surface area contributed by atoms with Crippen molar-refractivity contribution < 1.29 is 19.4 Å². The van der Waals surface area contributed by atoms with Crippen molar-refractivity contribution in [1.82, 2.24) is 0 Å². The Bertz CT molecular complexity index is 1300. The number of methoxy groups -OCH3 is 1. The number of hydrogen-bond donors (Lipinski definition) is 3. The molecule has 0 aliphatic heterocycles. The summed E-state index contributed by atoms with van der Waals surface area (Å²) in [7, 11) is 1.65. The van der Waals surface area contributed by atoms with Gasteiger partial charge in [0.25, 0.3) is 6.47 Å². The molecule has 0 aromatic heterocycles. The Morgan fingerprint density at radius 2 is 1.38 bits per heavy atom. The number of aryl methyl sites for hydroxylation is 1. The Balaban J connectivity index is 1.62. The number of carbonyl (C=O) groups excluding carboxylic acids is 1. The molecule has 0 aliphatic carbocycles. The minimum atomic E-state index is -0.156. The van der Waals surface area contributed by atoms with Gasteiger partial charge in [0.05, 0.1) is 25.1 Å². The third-order valence-electron chi connectivity index (χ3n) is 5.56. The second kappa shape index (κ2) is 10.6. The van der Waals surface area contributed by atoms with Gasteiger partial charge in [-0.1, -0.05) is 42.5 Å². The molecule has 4 aromatic rings. The van der Waals surface area contributed by atoms with Gasteiger partial charge >= 0.3 is 0 Å². The Kier molecular flexibility index (Phi) is 7.10. The van der Waals surface area contributed by atoms with Crippen LogP contribution in [0.4, 0.5) is 22.7 Å². The summed E-state index contributed by atoms with van der Waals surface area (Å²) in [5.41, 5.74) is 6.98. The van der Waals surface area contributed by atoms with Crippen LogP contribution in [0, 0.1) is 6.92 Å². The highest BCUT2D eigenvalue weighted by Crippen LogP contribution is 2.36. The van der Waals surface area contributed by atoms with E-state index in [4.69, 9.17) is 9.47 Å². The van der Waals surface area contributed by atoms with Crippen molar-refractivity contribution in [2.24, 2.45) is 0 Å². The van der Waals surface area contributed by atoms with Crippen LogP contribution in [0.2, 0.25) is 0 Å². The van der Waals surface area contributed by atoms with E-state index in [1.807, 2.05) is 60.7 Å². The molecule has 4 rings (SSSR count). The molecular weight excluding hydrogens is 428 g/mol. The van der Waals surface area contributed by atoms with Crippen LogP contribution in [0.3, 0.4) is 0 Å². The van der Waals surface area contributed by atoms with Crippen LogP contribution < -0.4 is 20.1 Å². The highest BCUT2D eigenvalue weighted by atomic mass is 16.5. The second-order valence-corrected chi connectivity index (χ2v) is 7.72. The maximum atomic E-state index is 10.8. The van der Waals surface area contributed by atoms with Crippen molar-refractivity contribution in [1.29, 1.82) is 0 Å². The van der Waals surface area contributed by atoms with Gasteiger partial charge in [-0.25, -0.2) is 0 Å². The number of rotatable bonds is 9. The number of anilines is 4. The normalized spacial score (nSPS) is 10.4. The first-order valence-electron chi connectivity index (χ1n) is 10.8. The summed E-state index contributed by atoms with van der Waals surface area (Å²) >= 11 is 0. The molecule has 172 valence electrons. The SMILES string of the molecule is COc1cc(-c2ccc(Nc3ccccc3OC=O)c(CO)c2)ccc1Nc1ccccc1C. The molecule has 0 unspecified atom stereocenters. The lowest BCUT2D eigenvalue weighted by Gasteiger charge is -2.16. The number of nitrogens with one attached hydrogen (secondary N) is 2. The van der Waals surface area contributed by atoms with Gasteiger partial charge in [-0.3, -0.25) is 4.79 Å². The summed E-state index contributed by atoms with van der Waals surface area (Å²) in [6.45, 7) is 2.29. The predicted molar refractivity (Wildman–Crippen MR) is 135 cm³/mol. The lowest BCUT2D eigenvalue weighted by Crippen LogP contribution is -2.00. The largest absolute Gasteiger partial charge is 0.495 e. The van der Waals surface area contributed by atoms with Crippen LogP contribution in [0.1, 0.15) is 11.1 Å². The number of ether oxygens (including phenoxy) is 2. The second-order valence-electron chi connectivity index (χ2n) is 7.72. The molecule has 0 saturated carbocycles. The smallest absolute Gasteiger partial charge is 0.298 e. The van der Waals surface area contributed by atoms with Crippen molar-refractivity contribution in [3.05, 3.63) is 96.1 Å². The first-order valence-corrected chi connectivity index (χ1v) is 10.8. The molecule has 6 heteroatoms. The van der Waals surface area contributed by atoms with E-state index in [0.29, 0.717) is 29.2 Å². The number of carbonyl (C=O) groups is 1. The van der Waals surface area contributed by atoms with Gasteiger partial charge in [0.2, 0.25) is 0 Å². The predicted octanol–water partition coefficient (Wildman–Crippen LogP) is 6.19. The minimum Gasteiger partial charge on any atom is -0.495 e. The lowest BCUT2D eigenvalue weighted by molar-refractivity contribution is -0.120. The number of aliphatic hydroxyl groups is 1. The summed E-state index contributed by atoms with van der Waals surface area (Å²) in [4.78, 5) is 10.8. The van der Waals surface area contributed by atoms with Crippen molar-refractivity contribution in [3.63, 3.8) is 0 Å². The molecule has 0 aliphatic rings. The van der Waals surface area contributed by atoms with Crippen molar-refractivity contribution in [2.45, 2.75) is 13.5 Å². The van der Waals surface area contributed by atoms with E-state index in [9.17, 15) is 9.90 Å². The van der Waals surface area contributed by atoms with Gasteiger partial charge < -0.3 is 25.2 Å². The fourth-order valence-corrected chi connectivity index (χ4v) is 3.73. The van der Waals surface area contributed by atoms with Crippen LogP contribution in [-0.2, 0) is 11.4 Å². The summed E-state index contributed by atoms with van der Waals surface area (Å²) in [6.07, 6.45) is 0. The molecule has 0 atom stereocenters. The molecule has 0 saturated heterocycles. The molecule has 0 heterocycles. The van der Waals surface area contributed by atoms with Crippen molar-refractivity contribution in [2.75, 3.05) is 17.7 Å². The van der Waals surface area contributed by atoms with Crippen LogP contribution in [0.25, 0.3) is 11.1 Å². The lowest BCUT2D eigenvalue weighted by atomic mass is 10.0. The number of aliphatic hydroxyl groups excluding tert-OH is 1. The molecule has 0 amide bonds. The van der Waals surface area contributed by atoms with Gasteiger partial charge in [0.1, 0.15) is 5.75 Å². The van der Waals surface area contributed by atoms with Gasteiger partial charge in [-0.05, 0) is 66.1 Å². The zero-order valence-corrected chi connectivity index (χ0v) is 19.0. The molecule has 6 nitrogen and oxygen atoms in total. The maximum Gasteiger partial charge on any atom is 0.298 e. The van der Waals surface area contributed by atoms with E-state index in [0.717, 1.165) is 33.8 Å². The summed E-state index contributed by atoms with van der Waals surface area (Å²) in [5, 5.41) is 16.7. The van der Waals surface area contributed by atoms with Crippen LogP contribution in [-0.4, -0.2) is 18.7 Å². The summed E-state index contributed by atoms with van der Waals surface area (Å²) in [6, 6.07) is 27.0. The van der Waals surface area contributed by atoms with Gasteiger partial charge in [0.15, 0.2) is 5.75 Å². The third kappa shape index (κ3) is 5.03. The Morgan fingerprint density at radius 3 is 2.09 bits per heavy atom. The van der Waals surface area contributed by atoms with E-state index in [1.54, 1.807) is 25.3 Å². The van der Waals surface area contributed by atoms with Gasteiger partial charge in [-0.2, -0.15) is 0 Å². The van der Waals surface area contributed by atoms with Crippen molar-refractivity contribution >= 4 is 29.2 Å². The van der Waals surface area contributed by atoms with Crippen LogP contribution in [0.15, 0.2) is 84.9 Å². The molecular formula is C28H26N2O4. The molecule has 0 radical (unpaired) electrons. The molecule has 3 N–H and O–H groups in total. The van der Waals surface area contributed by atoms with Gasteiger partial charge in [0, 0.05) is 16.9 Å². The number of hydrogen-bond acceptors (Lipinski definition) is 6. The summed E-state index contributed by atoms with van der Waals surface area (Å²) < 4.78 is 10.7.